The lowest BCUT2D eigenvalue weighted by Gasteiger charge is -2.36. The van der Waals surface area contributed by atoms with Crippen LogP contribution in [0, 0.1) is 0 Å². The topological polar surface area (TPSA) is 57.6 Å². The van der Waals surface area contributed by atoms with Crippen molar-refractivity contribution < 1.29 is 4.74 Å². The number of nitrogens with zero attached hydrogens (tertiary/aromatic N) is 6. The highest BCUT2D eigenvalue weighted by Crippen LogP contribution is 2.23. The second-order valence-corrected chi connectivity index (χ2v) is 7.17. The number of morpholine rings is 1. The number of pyridine rings is 1. The molecule has 0 spiro atoms. The molecular formula is C21H24N6O. The molecule has 0 N–H and O–H groups in total. The Balaban J connectivity index is 1.27. The van der Waals surface area contributed by atoms with Gasteiger partial charge in [-0.3, -0.25) is 0 Å². The van der Waals surface area contributed by atoms with Gasteiger partial charge in [0.05, 0.1) is 18.7 Å². The summed E-state index contributed by atoms with van der Waals surface area (Å²) < 4.78 is 5.44. The third kappa shape index (κ3) is 3.45. The number of hydrogen-bond acceptors (Lipinski definition) is 7. The molecule has 0 radical (unpaired) electrons. The number of fused-ring (bicyclic) bond motifs is 1. The average molecular weight is 376 g/mol. The van der Waals surface area contributed by atoms with E-state index in [0.29, 0.717) is 0 Å². The quantitative estimate of drug-likeness (QED) is 0.694. The van der Waals surface area contributed by atoms with Crippen LogP contribution in [-0.4, -0.2) is 67.4 Å². The normalized spacial score (nSPS) is 17.9. The largest absolute Gasteiger partial charge is 0.378 e. The van der Waals surface area contributed by atoms with Crippen molar-refractivity contribution in [3.63, 3.8) is 0 Å². The molecule has 1 aromatic carbocycles. The summed E-state index contributed by atoms with van der Waals surface area (Å²) in [6.45, 7) is 7.01. The number of anilines is 3. The maximum Gasteiger partial charge on any atom is 0.134 e. The van der Waals surface area contributed by atoms with Gasteiger partial charge in [0, 0.05) is 50.7 Å². The molecule has 4 heterocycles. The highest BCUT2D eigenvalue weighted by molar-refractivity contribution is 5.80. The van der Waals surface area contributed by atoms with Gasteiger partial charge in [-0.1, -0.05) is 18.2 Å². The number of ether oxygens (including phenoxy) is 1. The fourth-order valence-corrected chi connectivity index (χ4v) is 3.87. The predicted molar refractivity (Wildman–Crippen MR) is 111 cm³/mol. The summed E-state index contributed by atoms with van der Waals surface area (Å²) in [7, 11) is 0. The van der Waals surface area contributed by atoms with Crippen molar-refractivity contribution in [1.29, 1.82) is 0 Å². The third-order valence-electron chi connectivity index (χ3n) is 5.48. The smallest absolute Gasteiger partial charge is 0.134 e. The van der Waals surface area contributed by atoms with E-state index in [1.165, 1.54) is 5.39 Å². The molecule has 144 valence electrons. The van der Waals surface area contributed by atoms with Crippen LogP contribution in [0.5, 0.6) is 0 Å². The Kier molecular flexibility index (Phi) is 4.66. The number of hydrogen-bond donors (Lipinski definition) is 0. The second kappa shape index (κ2) is 7.59. The van der Waals surface area contributed by atoms with Crippen molar-refractivity contribution in [3.05, 3.63) is 48.8 Å². The van der Waals surface area contributed by atoms with E-state index in [1.807, 2.05) is 6.07 Å². The van der Waals surface area contributed by atoms with Crippen LogP contribution in [0.2, 0.25) is 0 Å². The van der Waals surface area contributed by atoms with Gasteiger partial charge < -0.3 is 19.4 Å². The first-order valence-electron chi connectivity index (χ1n) is 9.87. The lowest BCUT2D eigenvalue weighted by atomic mass is 10.2. The highest BCUT2D eigenvalue weighted by atomic mass is 16.5. The molecule has 2 aromatic heterocycles. The van der Waals surface area contributed by atoms with E-state index in [9.17, 15) is 0 Å². The van der Waals surface area contributed by atoms with Gasteiger partial charge in [0.15, 0.2) is 0 Å². The molecule has 5 rings (SSSR count). The van der Waals surface area contributed by atoms with Crippen LogP contribution in [0.15, 0.2) is 48.8 Å². The predicted octanol–water partition coefficient (Wildman–Crippen LogP) is 2.19. The van der Waals surface area contributed by atoms with Gasteiger partial charge in [-0.15, -0.1) is 0 Å². The summed E-state index contributed by atoms with van der Waals surface area (Å²) in [6, 6.07) is 14.7. The van der Waals surface area contributed by atoms with Gasteiger partial charge >= 0.3 is 0 Å². The maximum absolute atomic E-state index is 5.44. The molecule has 2 saturated heterocycles. The highest BCUT2D eigenvalue weighted by Gasteiger charge is 2.21. The number of aromatic nitrogens is 3. The molecule has 3 aromatic rings. The van der Waals surface area contributed by atoms with Crippen LogP contribution >= 0.6 is 0 Å². The molecule has 0 atom stereocenters. The zero-order chi connectivity index (χ0) is 18.8. The van der Waals surface area contributed by atoms with Crippen LogP contribution < -0.4 is 14.7 Å². The first-order valence-corrected chi connectivity index (χ1v) is 9.87. The Morgan fingerprint density at radius 1 is 0.679 bits per heavy atom. The molecule has 2 fully saturated rings. The summed E-state index contributed by atoms with van der Waals surface area (Å²) in [5.41, 5.74) is 1.05. The molecule has 7 heteroatoms. The first kappa shape index (κ1) is 17.2. The van der Waals surface area contributed by atoms with Crippen LogP contribution in [0.3, 0.4) is 0 Å². The zero-order valence-electron chi connectivity index (χ0n) is 15.9. The molecule has 0 amide bonds. The summed E-state index contributed by atoms with van der Waals surface area (Å²) >= 11 is 0. The second-order valence-electron chi connectivity index (χ2n) is 7.17. The summed E-state index contributed by atoms with van der Waals surface area (Å²) in [4.78, 5) is 20.8. The van der Waals surface area contributed by atoms with E-state index in [0.717, 1.165) is 75.5 Å². The van der Waals surface area contributed by atoms with Gasteiger partial charge in [0.25, 0.3) is 0 Å². The lowest BCUT2D eigenvalue weighted by Crippen LogP contribution is -2.47. The first-order chi connectivity index (χ1) is 13.9. The minimum atomic E-state index is 0.761. The van der Waals surface area contributed by atoms with Crippen LogP contribution in [0.25, 0.3) is 10.9 Å². The van der Waals surface area contributed by atoms with E-state index in [4.69, 9.17) is 9.72 Å². The number of rotatable bonds is 3. The minimum Gasteiger partial charge on any atom is -0.378 e. The van der Waals surface area contributed by atoms with Gasteiger partial charge in [-0.05, 0) is 18.2 Å². The molecule has 28 heavy (non-hydrogen) atoms. The molecule has 7 nitrogen and oxygen atoms in total. The van der Waals surface area contributed by atoms with E-state index < -0.39 is 0 Å². The molecule has 0 bridgehead atoms. The van der Waals surface area contributed by atoms with E-state index in [1.54, 1.807) is 6.33 Å². The van der Waals surface area contributed by atoms with Gasteiger partial charge in [0.1, 0.15) is 23.8 Å². The van der Waals surface area contributed by atoms with E-state index >= 15 is 0 Å². The Labute approximate surface area is 164 Å². The zero-order valence-corrected chi connectivity index (χ0v) is 15.9. The van der Waals surface area contributed by atoms with E-state index in [-0.39, 0.29) is 0 Å². The van der Waals surface area contributed by atoms with Crippen LogP contribution in [0.1, 0.15) is 0 Å². The van der Waals surface area contributed by atoms with Crippen molar-refractivity contribution in [2.75, 3.05) is 67.2 Å². The molecule has 0 saturated carbocycles. The molecular weight excluding hydrogens is 352 g/mol. The van der Waals surface area contributed by atoms with Gasteiger partial charge in [-0.2, -0.15) is 0 Å². The van der Waals surface area contributed by atoms with Crippen molar-refractivity contribution in [1.82, 2.24) is 15.0 Å². The summed E-state index contributed by atoms with van der Waals surface area (Å²) in [6.07, 6.45) is 1.68. The van der Waals surface area contributed by atoms with Crippen molar-refractivity contribution in [2.45, 2.75) is 0 Å². The maximum atomic E-state index is 5.44. The SMILES string of the molecule is c1ccc2nc(N3CCN(c4cc(N5CCOCC5)ncn4)CC3)ccc2c1. The Hall–Kier alpha value is -2.93. The Bertz CT molecular complexity index is 950. The average Bonchev–Trinajstić information content (AvgIpc) is 2.79. The van der Waals surface area contributed by atoms with Crippen LogP contribution in [0.4, 0.5) is 17.5 Å². The van der Waals surface area contributed by atoms with Gasteiger partial charge in [0.2, 0.25) is 0 Å². The van der Waals surface area contributed by atoms with Crippen molar-refractivity contribution in [3.8, 4) is 0 Å². The fourth-order valence-electron chi connectivity index (χ4n) is 3.87. The number of para-hydroxylation sites is 1. The fraction of sp³-hybridized carbons (Fsp3) is 0.381. The third-order valence-corrected chi connectivity index (χ3v) is 5.48. The Morgan fingerprint density at radius 2 is 1.32 bits per heavy atom. The summed E-state index contributed by atoms with van der Waals surface area (Å²) in [5.74, 6) is 3.05. The van der Waals surface area contributed by atoms with Gasteiger partial charge in [-0.25, -0.2) is 15.0 Å². The number of piperazine rings is 1. The monoisotopic (exact) mass is 376 g/mol. The molecule has 0 aliphatic carbocycles. The van der Waals surface area contributed by atoms with E-state index in [2.05, 4.69) is 61.1 Å². The standard InChI is InChI=1S/C21H24N6O/c1-2-4-18-17(3-1)5-6-19(24-18)25-7-9-26(10-8-25)20-15-21(23-16-22-20)27-11-13-28-14-12-27/h1-6,15-16H,7-14H2. The molecule has 0 unspecified atom stereocenters. The lowest BCUT2D eigenvalue weighted by molar-refractivity contribution is 0.122. The minimum absolute atomic E-state index is 0.761. The molecule has 2 aliphatic heterocycles. The molecule has 2 aliphatic rings. The Morgan fingerprint density at radius 3 is 2.07 bits per heavy atom. The van der Waals surface area contributed by atoms with Crippen molar-refractivity contribution in [2.24, 2.45) is 0 Å². The number of benzene rings is 1. The van der Waals surface area contributed by atoms with Crippen molar-refractivity contribution >= 4 is 28.4 Å². The van der Waals surface area contributed by atoms with Crippen LogP contribution in [-0.2, 0) is 4.74 Å². The summed E-state index contributed by atoms with van der Waals surface area (Å²) in [5, 5.41) is 1.18.